The number of primary amides is 1. The Hall–Kier alpha value is -3.67. The Morgan fingerprint density at radius 2 is 1.36 bits per heavy atom. The molecule has 0 radical (unpaired) electrons. The van der Waals surface area contributed by atoms with Gasteiger partial charge in [0.1, 0.15) is 23.9 Å². The Bertz CT molecular complexity index is 933. The summed E-state index contributed by atoms with van der Waals surface area (Å²) in [4.78, 5) is 61.3. The zero-order chi connectivity index (χ0) is 27.6. The van der Waals surface area contributed by atoms with Crippen LogP contribution in [-0.2, 0) is 30.4 Å². The molecule has 200 valence electrons. The number of amides is 4. The van der Waals surface area contributed by atoms with Crippen molar-refractivity contribution >= 4 is 29.6 Å². The third-order valence-electron chi connectivity index (χ3n) is 5.52. The van der Waals surface area contributed by atoms with E-state index in [4.69, 9.17) is 11.5 Å². The topological polar surface area (TPSA) is 214 Å². The standard InChI is InChI=1S/C24H37N5O7/c1-12(2)19(23(34)29-20(13(3)4)24(35)36)28-22(33)17(9-10-18(26)31)27-21(32)16(25)11-14-5-7-15(30)8-6-14/h5-8,12-13,16-17,19-20,30H,9-11,25H2,1-4H3,(H2,26,31)(H,27,32)(H,28,33)(H,29,34)(H,35,36). The number of aromatic hydroxyl groups is 1. The number of hydrogen-bond donors (Lipinski definition) is 7. The molecule has 0 spiro atoms. The molecule has 36 heavy (non-hydrogen) atoms. The van der Waals surface area contributed by atoms with Crippen molar-refractivity contribution in [2.24, 2.45) is 23.3 Å². The average molecular weight is 508 g/mol. The molecule has 4 amide bonds. The Balaban J connectivity index is 2.97. The number of hydrogen-bond acceptors (Lipinski definition) is 7. The van der Waals surface area contributed by atoms with Crippen molar-refractivity contribution in [1.29, 1.82) is 0 Å². The number of carboxylic acid groups (broad SMARTS) is 1. The summed E-state index contributed by atoms with van der Waals surface area (Å²) in [5.74, 6) is -4.74. The van der Waals surface area contributed by atoms with Gasteiger partial charge in [-0.15, -0.1) is 0 Å². The van der Waals surface area contributed by atoms with Crippen molar-refractivity contribution in [1.82, 2.24) is 16.0 Å². The first-order chi connectivity index (χ1) is 16.7. The zero-order valence-electron chi connectivity index (χ0n) is 21.0. The predicted molar refractivity (Wildman–Crippen MR) is 131 cm³/mol. The molecule has 0 aliphatic carbocycles. The van der Waals surface area contributed by atoms with Gasteiger partial charge in [0.2, 0.25) is 23.6 Å². The third kappa shape index (κ3) is 9.90. The Morgan fingerprint density at radius 1 is 0.833 bits per heavy atom. The maximum absolute atomic E-state index is 13.0. The minimum absolute atomic E-state index is 0.0618. The lowest BCUT2D eigenvalue weighted by Gasteiger charge is -2.27. The van der Waals surface area contributed by atoms with Crippen LogP contribution in [0.25, 0.3) is 0 Å². The van der Waals surface area contributed by atoms with Crippen LogP contribution >= 0.6 is 0 Å². The first-order valence-corrected chi connectivity index (χ1v) is 11.7. The molecular weight excluding hydrogens is 470 g/mol. The van der Waals surface area contributed by atoms with Crippen molar-refractivity contribution in [2.45, 2.75) is 71.1 Å². The van der Waals surface area contributed by atoms with Crippen molar-refractivity contribution < 1.29 is 34.2 Å². The van der Waals surface area contributed by atoms with E-state index in [0.717, 1.165) is 0 Å². The van der Waals surface area contributed by atoms with Gasteiger partial charge >= 0.3 is 5.97 Å². The van der Waals surface area contributed by atoms with Crippen LogP contribution < -0.4 is 27.4 Å². The van der Waals surface area contributed by atoms with Gasteiger partial charge in [0.05, 0.1) is 6.04 Å². The fourth-order valence-electron chi connectivity index (χ4n) is 3.36. The van der Waals surface area contributed by atoms with Crippen LogP contribution in [0.15, 0.2) is 24.3 Å². The number of rotatable bonds is 14. The summed E-state index contributed by atoms with van der Waals surface area (Å²) in [5.41, 5.74) is 11.9. The van der Waals surface area contributed by atoms with Crippen LogP contribution in [0.3, 0.4) is 0 Å². The molecule has 0 saturated carbocycles. The average Bonchev–Trinajstić information content (AvgIpc) is 2.78. The predicted octanol–water partition coefficient (Wildman–Crippen LogP) is -0.621. The van der Waals surface area contributed by atoms with Gasteiger partial charge in [-0.25, -0.2) is 4.79 Å². The minimum Gasteiger partial charge on any atom is -0.508 e. The molecule has 0 saturated heterocycles. The van der Waals surface area contributed by atoms with E-state index in [1.165, 1.54) is 12.1 Å². The molecule has 0 bridgehead atoms. The summed E-state index contributed by atoms with van der Waals surface area (Å²) in [6, 6.07) is 1.61. The number of nitrogens with two attached hydrogens (primary N) is 2. The number of benzene rings is 1. The van der Waals surface area contributed by atoms with Crippen molar-refractivity contribution in [3.63, 3.8) is 0 Å². The summed E-state index contributed by atoms with van der Waals surface area (Å²) < 4.78 is 0. The molecule has 0 aromatic heterocycles. The molecule has 4 atom stereocenters. The van der Waals surface area contributed by atoms with Crippen LogP contribution in [0.4, 0.5) is 0 Å². The third-order valence-corrected chi connectivity index (χ3v) is 5.52. The van der Waals surface area contributed by atoms with Crippen LogP contribution in [0.2, 0.25) is 0 Å². The van der Waals surface area contributed by atoms with Crippen LogP contribution in [0, 0.1) is 11.8 Å². The van der Waals surface area contributed by atoms with E-state index in [1.807, 2.05) is 0 Å². The maximum atomic E-state index is 13.0. The monoisotopic (exact) mass is 507 g/mol. The van der Waals surface area contributed by atoms with Gasteiger partial charge in [-0.05, 0) is 42.4 Å². The number of phenolic OH excluding ortho intramolecular Hbond substituents is 1. The Morgan fingerprint density at radius 3 is 1.83 bits per heavy atom. The highest BCUT2D eigenvalue weighted by Gasteiger charge is 2.32. The molecule has 0 fully saturated rings. The number of carboxylic acids is 1. The van der Waals surface area contributed by atoms with Gasteiger partial charge in [0.25, 0.3) is 0 Å². The van der Waals surface area contributed by atoms with E-state index in [2.05, 4.69) is 16.0 Å². The Kier molecular flexibility index (Phi) is 11.8. The van der Waals surface area contributed by atoms with Gasteiger partial charge in [0, 0.05) is 6.42 Å². The van der Waals surface area contributed by atoms with Gasteiger partial charge in [-0.1, -0.05) is 39.8 Å². The number of carbonyl (C=O) groups excluding carboxylic acids is 4. The molecular formula is C24H37N5O7. The molecule has 12 nitrogen and oxygen atoms in total. The van der Waals surface area contributed by atoms with E-state index >= 15 is 0 Å². The second kappa shape index (κ2) is 14.0. The number of phenols is 1. The second-order valence-electron chi connectivity index (χ2n) is 9.34. The fourth-order valence-corrected chi connectivity index (χ4v) is 3.36. The highest BCUT2D eigenvalue weighted by Crippen LogP contribution is 2.12. The maximum Gasteiger partial charge on any atom is 0.326 e. The van der Waals surface area contributed by atoms with E-state index in [0.29, 0.717) is 5.56 Å². The molecule has 0 heterocycles. The number of carbonyl (C=O) groups is 5. The van der Waals surface area contributed by atoms with Crippen molar-refractivity contribution in [3.05, 3.63) is 29.8 Å². The first-order valence-electron chi connectivity index (χ1n) is 11.7. The van der Waals surface area contributed by atoms with Gasteiger partial charge in [-0.3, -0.25) is 19.2 Å². The van der Waals surface area contributed by atoms with Gasteiger partial charge < -0.3 is 37.6 Å². The molecule has 1 aromatic rings. The molecule has 0 aliphatic rings. The molecule has 4 unspecified atom stereocenters. The highest BCUT2D eigenvalue weighted by atomic mass is 16.4. The van der Waals surface area contributed by atoms with E-state index < -0.39 is 65.6 Å². The first kappa shape index (κ1) is 30.4. The summed E-state index contributed by atoms with van der Waals surface area (Å²) in [5, 5.41) is 26.2. The smallest absolute Gasteiger partial charge is 0.326 e. The van der Waals surface area contributed by atoms with Crippen molar-refractivity contribution in [2.75, 3.05) is 0 Å². The molecule has 0 aliphatic heterocycles. The van der Waals surface area contributed by atoms with Crippen LogP contribution in [-0.4, -0.2) is 64.0 Å². The zero-order valence-corrected chi connectivity index (χ0v) is 21.0. The normalized spacial score (nSPS) is 14.4. The van der Waals surface area contributed by atoms with Crippen molar-refractivity contribution in [3.8, 4) is 5.75 Å². The minimum atomic E-state index is -1.22. The summed E-state index contributed by atoms with van der Waals surface area (Å²) in [6.07, 6.45) is -0.216. The molecule has 9 N–H and O–H groups in total. The van der Waals surface area contributed by atoms with E-state index in [1.54, 1.807) is 39.8 Å². The highest BCUT2D eigenvalue weighted by molar-refractivity contribution is 5.94. The summed E-state index contributed by atoms with van der Waals surface area (Å²) >= 11 is 0. The Labute approximate surface area is 210 Å². The van der Waals surface area contributed by atoms with Gasteiger partial charge in [-0.2, -0.15) is 0 Å². The lowest BCUT2D eigenvalue weighted by Crippen LogP contribution is -2.59. The molecule has 1 rings (SSSR count). The fraction of sp³-hybridized carbons (Fsp3) is 0.542. The lowest BCUT2D eigenvalue weighted by atomic mass is 9.99. The SMILES string of the molecule is CC(C)C(NC(=O)C(NC(=O)C(CCC(N)=O)NC(=O)C(N)Cc1ccc(O)cc1)C(C)C)C(=O)O. The van der Waals surface area contributed by atoms with Crippen LogP contribution in [0.1, 0.15) is 46.1 Å². The van der Waals surface area contributed by atoms with Crippen LogP contribution in [0.5, 0.6) is 5.75 Å². The van der Waals surface area contributed by atoms with E-state index in [-0.39, 0.29) is 25.0 Å². The molecule has 1 aromatic carbocycles. The number of nitrogens with one attached hydrogen (secondary N) is 3. The summed E-state index contributed by atoms with van der Waals surface area (Å²) in [6.45, 7) is 6.61. The quantitative estimate of drug-likeness (QED) is 0.172. The largest absolute Gasteiger partial charge is 0.508 e. The van der Waals surface area contributed by atoms with E-state index in [9.17, 15) is 34.2 Å². The lowest BCUT2D eigenvalue weighted by molar-refractivity contribution is -0.143. The number of aliphatic carboxylic acids is 1. The second-order valence-corrected chi connectivity index (χ2v) is 9.34. The summed E-state index contributed by atoms with van der Waals surface area (Å²) in [7, 11) is 0. The molecule has 12 heteroatoms. The van der Waals surface area contributed by atoms with Gasteiger partial charge in [0.15, 0.2) is 0 Å².